The summed E-state index contributed by atoms with van der Waals surface area (Å²) >= 11 is 0. The smallest absolute Gasteiger partial charge is 0.326 e. The fraction of sp³-hybridized carbons (Fsp3) is 0.333. The van der Waals surface area contributed by atoms with Crippen LogP contribution < -0.4 is 9.62 Å². The van der Waals surface area contributed by atoms with Crippen LogP contribution in [-0.2, 0) is 24.3 Å². The van der Waals surface area contributed by atoms with Gasteiger partial charge in [-0.25, -0.2) is 8.42 Å². The summed E-state index contributed by atoms with van der Waals surface area (Å²) in [4.78, 5) is 23.4. The van der Waals surface area contributed by atoms with Gasteiger partial charge in [0.2, 0.25) is 5.91 Å². The van der Waals surface area contributed by atoms with Crippen LogP contribution in [0.3, 0.4) is 0 Å². The number of ether oxygens (including phenoxy) is 1. The first-order chi connectivity index (χ1) is 13.7. The summed E-state index contributed by atoms with van der Waals surface area (Å²) in [6.07, 6.45) is 0. The van der Waals surface area contributed by atoms with Crippen LogP contribution in [0.1, 0.15) is 39.2 Å². The number of para-hydroxylation sites is 1. The van der Waals surface area contributed by atoms with Gasteiger partial charge in [0.05, 0.1) is 17.2 Å². The number of hydrogen-bond acceptors (Lipinski definition) is 5. The summed E-state index contributed by atoms with van der Waals surface area (Å²) in [6, 6.07) is 12.9. The molecule has 2 aromatic rings. The molecule has 0 aromatic heterocycles. The highest BCUT2D eigenvalue weighted by molar-refractivity contribution is 7.92. The van der Waals surface area contributed by atoms with E-state index in [4.69, 9.17) is 4.74 Å². The van der Waals surface area contributed by atoms with Crippen molar-refractivity contribution in [2.45, 2.75) is 38.5 Å². The monoisotopic (exact) mass is 418 g/mol. The minimum atomic E-state index is -4.05. The molecule has 2 aromatic carbocycles. The van der Waals surface area contributed by atoms with Gasteiger partial charge in [0.15, 0.2) is 0 Å². The number of anilines is 2. The summed E-state index contributed by atoms with van der Waals surface area (Å²) in [5, 5.41) is 2.60. The average Bonchev–Trinajstić information content (AvgIpc) is 2.66. The SMILES string of the molecule is CCOC(=O)CN(c1ccccc1C(C)C)S(=O)(=O)c1ccc(NC(C)=O)cc1. The van der Waals surface area contributed by atoms with Crippen LogP contribution in [0.25, 0.3) is 0 Å². The molecule has 29 heavy (non-hydrogen) atoms. The lowest BCUT2D eigenvalue weighted by molar-refractivity contribution is -0.141. The van der Waals surface area contributed by atoms with Crippen molar-refractivity contribution in [1.29, 1.82) is 0 Å². The molecule has 2 rings (SSSR count). The van der Waals surface area contributed by atoms with E-state index >= 15 is 0 Å². The number of benzene rings is 2. The second kappa shape index (κ2) is 9.56. The molecule has 0 saturated carbocycles. The topological polar surface area (TPSA) is 92.8 Å². The maximum Gasteiger partial charge on any atom is 0.326 e. The summed E-state index contributed by atoms with van der Waals surface area (Å²) in [6.45, 7) is 6.66. The lowest BCUT2D eigenvalue weighted by Crippen LogP contribution is -2.37. The van der Waals surface area contributed by atoms with Crippen molar-refractivity contribution in [3.8, 4) is 0 Å². The normalized spacial score (nSPS) is 11.2. The van der Waals surface area contributed by atoms with E-state index in [1.165, 1.54) is 31.2 Å². The van der Waals surface area contributed by atoms with Gasteiger partial charge in [0, 0.05) is 12.6 Å². The number of rotatable bonds is 8. The van der Waals surface area contributed by atoms with Gasteiger partial charge in [0.1, 0.15) is 6.54 Å². The van der Waals surface area contributed by atoms with E-state index in [0.29, 0.717) is 11.4 Å². The minimum absolute atomic E-state index is 0.00876. The zero-order valence-corrected chi connectivity index (χ0v) is 17.8. The quantitative estimate of drug-likeness (QED) is 0.662. The third-order valence-electron chi connectivity index (χ3n) is 4.17. The van der Waals surface area contributed by atoms with Crippen LogP contribution in [0.2, 0.25) is 0 Å². The van der Waals surface area contributed by atoms with Crippen molar-refractivity contribution < 1.29 is 22.7 Å². The van der Waals surface area contributed by atoms with E-state index in [9.17, 15) is 18.0 Å². The summed E-state index contributed by atoms with van der Waals surface area (Å²) in [7, 11) is -4.05. The van der Waals surface area contributed by atoms with Crippen molar-refractivity contribution >= 4 is 33.3 Å². The van der Waals surface area contributed by atoms with Crippen LogP contribution in [0.4, 0.5) is 11.4 Å². The van der Waals surface area contributed by atoms with Crippen LogP contribution in [0, 0.1) is 0 Å². The molecular formula is C21H26N2O5S. The van der Waals surface area contributed by atoms with Crippen LogP contribution >= 0.6 is 0 Å². The molecule has 0 unspecified atom stereocenters. The number of sulfonamides is 1. The highest BCUT2D eigenvalue weighted by Gasteiger charge is 2.29. The van der Waals surface area contributed by atoms with Crippen molar-refractivity contribution in [3.63, 3.8) is 0 Å². The Hall–Kier alpha value is -2.87. The van der Waals surface area contributed by atoms with Crippen LogP contribution in [-0.4, -0.2) is 33.4 Å². The minimum Gasteiger partial charge on any atom is -0.465 e. The van der Waals surface area contributed by atoms with Crippen molar-refractivity contribution in [2.24, 2.45) is 0 Å². The molecule has 1 amide bonds. The van der Waals surface area contributed by atoms with E-state index in [1.54, 1.807) is 19.1 Å². The predicted molar refractivity (Wildman–Crippen MR) is 112 cm³/mol. The first-order valence-electron chi connectivity index (χ1n) is 9.31. The first-order valence-corrected chi connectivity index (χ1v) is 10.8. The average molecular weight is 419 g/mol. The molecule has 8 heteroatoms. The Morgan fingerprint density at radius 1 is 1.07 bits per heavy atom. The van der Waals surface area contributed by atoms with Gasteiger partial charge >= 0.3 is 5.97 Å². The van der Waals surface area contributed by atoms with Gasteiger partial charge < -0.3 is 10.1 Å². The maximum atomic E-state index is 13.4. The Bertz CT molecular complexity index is 969. The second-order valence-electron chi connectivity index (χ2n) is 6.74. The number of carbonyl (C=O) groups excluding carboxylic acids is 2. The highest BCUT2D eigenvalue weighted by Crippen LogP contribution is 2.31. The number of carbonyl (C=O) groups is 2. The lowest BCUT2D eigenvalue weighted by Gasteiger charge is -2.27. The third-order valence-corrected chi connectivity index (χ3v) is 5.94. The summed E-state index contributed by atoms with van der Waals surface area (Å²) < 4.78 is 32.9. The Balaban J connectivity index is 2.52. The number of amides is 1. The molecule has 0 aliphatic heterocycles. The van der Waals surface area contributed by atoms with Gasteiger partial charge in [-0.15, -0.1) is 0 Å². The molecule has 0 aliphatic rings. The van der Waals surface area contributed by atoms with E-state index in [1.807, 2.05) is 26.0 Å². The lowest BCUT2D eigenvalue weighted by atomic mass is 10.0. The van der Waals surface area contributed by atoms with E-state index < -0.39 is 22.5 Å². The molecule has 0 saturated heterocycles. The van der Waals surface area contributed by atoms with Gasteiger partial charge in [0.25, 0.3) is 10.0 Å². The molecule has 7 nitrogen and oxygen atoms in total. The van der Waals surface area contributed by atoms with Gasteiger partial charge in [-0.3, -0.25) is 13.9 Å². The summed E-state index contributed by atoms with van der Waals surface area (Å²) in [5.41, 5.74) is 1.72. The molecule has 1 N–H and O–H groups in total. The van der Waals surface area contributed by atoms with Crippen LogP contribution in [0.15, 0.2) is 53.4 Å². The third kappa shape index (κ3) is 5.57. The molecular weight excluding hydrogens is 392 g/mol. The number of nitrogens with one attached hydrogen (secondary N) is 1. The Morgan fingerprint density at radius 2 is 1.69 bits per heavy atom. The first kappa shape index (κ1) is 22.4. The molecule has 156 valence electrons. The predicted octanol–water partition coefficient (Wildman–Crippen LogP) is 3.53. The molecule has 0 bridgehead atoms. The molecule has 0 spiro atoms. The standard InChI is InChI=1S/C21H26N2O5S/c1-5-28-21(25)14-23(20-9-7-6-8-19(20)15(2)3)29(26,27)18-12-10-17(11-13-18)22-16(4)24/h6-13,15H,5,14H2,1-4H3,(H,22,24). The zero-order valence-electron chi connectivity index (χ0n) is 17.0. The largest absolute Gasteiger partial charge is 0.465 e. The zero-order chi connectivity index (χ0) is 21.6. The maximum absolute atomic E-state index is 13.4. The Kier molecular flexibility index (Phi) is 7.39. The van der Waals surface area contributed by atoms with Crippen LogP contribution in [0.5, 0.6) is 0 Å². The van der Waals surface area contributed by atoms with Crippen molar-refractivity contribution in [1.82, 2.24) is 0 Å². The molecule has 0 heterocycles. The van der Waals surface area contributed by atoms with E-state index in [2.05, 4.69) is 5.32 Å². The Labute approximate surface area is 171 Å². The van der Waals surface area contributed by atoms with Gasteiger partial charge in [-0.2, -0.15) is 0 Å². The van der Waals surface area contributed by atoms with Gasteiger partial charge in [-0.05, 0) is 48.7 Å². The van der Waals surface area contributed by atoms with Crippen molar-refractivity contribution in [3.05, 3.63) is 54.1 Å². The molecule has 0 atom stereocenters. The highest BCUT2D eigenvalue weighted by atomic mass is 32.2. The summed E-state index contributed by atoms with van der Waals surface area (Å²) in [5.74, 6) is -0.840. The molecule has 0 radical (unpaired) electrons. The second-order valence-corrected chi connectivity index (χ2v) is 8.60. The van der Waals surface area contributed by atoms with E-state index in [-0.39, 0.29) is 23.3 Å². The number of esters is 1. The van der Waals surface area contributed by atoms with Gasteiger partial charge in [-0.1, -0.05) is 32.0 Å². The number of hydrogen-bond donors (Lipinski definition) is 1. The Morgan fingerprint density at radius 3 is 2.24 bits per heavy atom. The molecule has 0 fully saturated rings. The number of nitrogens with zero attached hydrogens (tertiary/aromatic N) is 1. The fourth-order valence-electron chi connectivity index (χ4n) is 2.87. The van der Waals surface area contributed by atoms with E-state index in [0.717, 1.165) is 9.87 Å². The fourth-order valence-corrected chi connectivity index (χ4v) is 4.30. The molecule has 0 aliphatic carbocycles. The van der Waals surface area contributed by atoms with Crippen molar-refractivity contribution in [2.75, 3.05) is 22.8 Å².